The number of carbonyl (C=O) groups is 1. The van der Waals surface area contributed by atoms with Crippen LogP contribution in [0.2, 0.25) is 5.02 Å². The molecule has 1 heterocycles. The van der Waals surface area contributed by atoms with Crippen LogP contribution in [-0.2, 0) is 13.0 Å². The van der Waals surface area contributed by atoms with E-state index >= 15 is 0 Å². The molecule has 0 fully saturated rings. The Kier molecular flexibility index (Phi) is 10.8. The summed E-state index contributed by atoms with van der Waals surface area (Å²) in [5.41, 5.74) is 2.88. The number of rotatable bonds is 15. The minimum atomic E-state index is -0.0827. The molecule has 0 radical (unpaired) electrons. The van der Waals surface area contributed by atoms with Gasteiger partial charge in [0.1, 0.15) is 5.82 Å². The summed E-state index contributed by atoms with van der Waals surface area (Å²) in [6, 6.07) is 15.4. The molecule has 0 aliphatic carbocycles. The molecule has 0 unspecified atom stereocenters. The Morgan fingerprint density at radius 1 is 0.909 bits per heavy atom. The van der Waals surface area contributed by atoms with Gasteiger partial charge in [-0.1, -0.05) is 88.1 Å². The first-order valence-corrected chi connectivity index (χ1v) is 13.0. The first-order chi connectivity index (χ1) is 16.2. The van der Waals surface area contributed by atoms with Crippen LogP contribution < -0.4 is 5.32 Å². The van der Waals surface area contributed by atoms with Crippen LogP contribution >= 0.6 is 11.6 Å². The molecule has 1 N–H and O–H groups in total. The number of aromatic nitrogens is 2. The molecule has 1 amide bonds. The first-order valence-electron chi connectivity index (χ1n) is 12.7. The van der Waals surface area contributed by atoms with E-state index in [9.17, 15) is 4.79 Å². The number of nitrogens with one attached hydrogen (secondary N) is 1. The number of fused-ring (bicyclic) bond motifs is 1. The molecule has 0 atom stereocenters. The van der Waals surface area contributed by atoms with E-state index in [1.54, 1.807) is 24.3 Å². The number of unbranched alkanes of at least 4 members (excludes halogenated alkanes) is 8. The highest BCUT2D eigenvalue weighted by atomic mass is 35.5. The van der Waals surface area contributed by atoms with Crippen molar-refractivity contribution in [3.05, 3.63) is 64.9 Å². The van der Waals surface area contributed by atoms with Gasteiger partial charge in [-0.15, -0.1) is 0 Å². The van der Waals surface area contributed by atoms with Crippen molar-refractivity contribution in [2.75, 3.05) is 6.54 Å². The van der Waals surface area contributed by atoms with E-state index in [0.29, 0.717) is 17.1 Å². The number of hydrogen-bond acceptors (Lipinski definition) is 2. The van der Waals surface area contributed by atoms with Gasteiger partial charge in [-0.3, -0.25) is 4.79 Å². The predicted octanol–water partition coefficient (Wildman–Crippen LogP) is 7.58. The maximum Gasteiger partial charge on any atom is 0.251 e. The van der Waals surface area contributed by atoms with Crippen molar-refractivity contribution in [3.63, 3.8) is 0 Å². The second-order valence-corrected chi connectivity index (χ2v) is 9.30. The molecule has 0 aliphatic rings. The zero-order valence-electron chi connectivity index (χ0n) is 20.0. The van der Waals surface area contributed by atoms with Crippen LogP contribution in [0.3, 0.4) is 0 Å². The van der Waals surface area contributed by atoms with Crippen molar-refractivity contribution in [3.8, 4) is 0 Å². The number of imidazole rings is 1. The highest BCUT2D eigenvalue weighted by Crippen LogP contribution is 2.19. The van der Waals surface area contributed by atoms with Crippen LogP contribution in [0.1, 0.15) is 87.3 Å². The van der Waals surface area contributed by atoms with Gasteiger partial charge in [0.25, 0.3) is 5.91 Å². The smallest absolute Gasteiger partial charge is 0.251 e. The Morgan fingerprint density at radius 3 is 2.39 bits per heavy atom. The fraction of sp³-hybridized carbons (Fsp3) is 0.500. The summed E-state index contributed by atoms with van der Waals surface area (Å²) in [5.74, 6) is 1.04. The molecule has 0 saturated carbocycles. The Bertz CT molecular complexity index is 998. The van der Waals surface area contributed by atoms with Gasteiger partial charge in [0, 0.05) is 30.1 Å². The number of hydrogen-bond donors (Lipinski definition) is 1. The Balaban J connectivity index is 1.45. The van der Waals surface area contributed by atoms with Gasteiger partial charge in [0.05, 0.1) is 11.0 Å². The van der Waals surface area contributed by atoms with Gasteiger partial charge in [-0.2, -0.15) is 0 Å². The zero-order valence-corrected chi connectivity index (χ0v) is 20.7. The lowest BCUT2D eigenvalue weighted by molar-refractivity contribution is 0.0953. The number of nitrogens with zero attached hydrogens (tertiary/aromatic N) is 2. The van der Waals surface area contributed by atoms with Crippen molar-refractivity contribution >= 4 is 28.5 Å². The molecule has 2 aromatic carbocycles. The summed E-state index contributed by atoms with van der Waals surface area (Å²) >= 11 is 5.99. The maximum atomic E-state index is 12.3. The zero-order chi connectivity index (χ0) is 23.3. The van der Waals surface area contributed by atoms with Crippen molar-refractivity contribution in [1.82, 2.24) is 14.9 Å². The topological polar surface area (TPSA) is 46.9 Å². The van der Waals surface area contributed by atoms with Crippen LogP contribution in [-0.4, -0.2) is 22.0 Å². The molecule has 0 bridgehead atoms. The van der Waals surface area contributed by atoms with Gasteiger partial charge in [-0.05, 0) is 43.2 Å². The van der Waals surface area contributed by atoms with E-state index in [0.717, 1.165) is 30.7 Å². The molecule has 3 rings (SSSR count). The van der Waals surface area contributed by atoms with Gasteiger partial charge in [0.2, 0.25) is 0 Å². The van der Waals surface area contributed by atoms with E-state index < -0.39 is 0 Å². The number of carbonyl (C=O) groups excluding carboxylic acids is 1. The van der Waals surface area contributed by atoms with Gasteiger partial charge in [0.15, 0.2) is 0 Å². The lowest BCUT2D eigenvalue weighted by Gasteiger charge is -2.10. The molecule has 178 valence electrons. The summed E-state index contributed by atoms with van der Waals surface area (Å²) in [7, 11) is 0. The van der Waals surface area contributed by atoms with Gasteiger partial charge >= 0.3 is 0 Å². The molecule has 1 aromatic heterocycles. The average Bonchev–Trinajstić information content (AvgIpc) is 3.18. The second-order valence-electron chi connectivity index (χ2n) is 8.87. The Morgan fingerprint density at radius 2 is 1.64 bits per heavy atom. The van der Waals surface area contributed by atoms with Crippen molar-refractivity contribution < 1.29 is 4.79 Å². The second kappa shape index (κ2) is 14.0. The lowest BCUT2D eigenvalue weighted by atomic mass is 10.1. The van der Waals surface area contributed by atoms with Crippen LogP contribution in [0, 0.1) is 0 Å². The summed E-state index contributed by atoms with van der Waals surface area (Å²) in [6.07, 6.45) is 13.7. The minimum Gasteiger partial charge on any atom is -0.352 e. The van der Waals surface area contributed by atoms with E-state index in [1.165, 1.54) is 63.3 Å². The van der Waals surface area contributed by atoms with Gasteiger partial charge < -0.3 is 9.88 Å². The highest BCUT2D eigenvalue weighted by Gasteiger charge is 2.11. The number of benzene rings is 2. The third-order valence-corrected chi connectivity index (χ3v) is 6.40. The molecule has 0 spiro atoms. The highest BCUT2D eigenvalue weighted by molar-refractivity contribution is 6.30. The van der Waals surface area contributed by atoms with Crippen molar-refractivity contribution in [1.29, 1.82) is 0 Å². The lowest BCUT2D eigenvalue weighted by Crippen LogP contribution is -2.25. The van der Waals surface area contributed by atoms with Crippen molar-refractivity contribution in [2.45, 2.75) is 84.1 Å². The quantitative estimate of drug-likeness (QED) is 0.234. The number of para-hydroxylation sites is 2. The van der Waals surface area contributed by atoms with E-state index in [1.807, 2.05) is 6.07 Å². The SMILES string of the molecule is CCCCCCCCCCCn1c(CCCNC(=O)c2cccc(Cl)c2)nc2ccccc21. The summed E-state index contributed by atoms with van der Waals surface area (Å²) in [4.78, 5) is 17.2. The van der Waals surface area contributed by atoms with E-state index in [-0.39, 0.29) is 5.91 Å². The number of aryl methyl sites for hydroxylation is 2. The molecule has 33 heavy (non-hydrogen) atoms. The van der Waals surface area contributed by atoms with E-state index in [2.05, 4.69) is 35.0 Å². The molecule has 5 heteroatoms. The van der Waals surface area contributed by atoms with Crippen molar-refractivity contribution in [2.24, 2.45) is 0 Å². The summed E-state index contributed by atoms with van der Waals surface area (Å²) < 4.78 is 2.38. The summed E-state index contributed by atoms with van der Waals surface area (Å²) in [5, 5.41) is 3.58. The van der Waals surface area contributed by atoms with E-state index in [4.69, 9.17) is 16.6 Å². The molecule has 0 saturated heterocycles. The third kappa shape index (κ3) is 8.19. The standard InChI is InChI=1S/C28H38ClN3O/c1-2-3-4-5-6-7-8-9-12-21-32-26-18-11-10-17-25(26)31-27(32)19-14-20-30-28(33)23-15-13-16-24(29)22-23/h10-11,13,15-18,22H,2-9,12,14,19-21H2,1H3,(H,30,33). The predicted molar refractivity (Wildman–Crippen MR) is 139 cm³/mol. The van der Waals surface area contributed by atoms with Crippen LogP contribution in [0.5, 0.6) is 0 Å². The minimum absolute atomic E-state index is 0.0827. The normalized spacial score (nSPS) is 11.2. The molecular formula is C28H38ClN3O. The largest absolute Gasteiger partial charge is 0.352 e. The third-order valence-electron chi connectivity index (χ3n) is 6.17. The number of amides is 1. The Labute approximate surface area is 203 Å². The molecular weight excluding hydrogens is 430 g/mol. The fourth-order valence-electron chi connectivity index (χ4n) is 4.33. The molecule has 3 aromatic rings. The average molecular weight is 468 g/mol. The van der Waals surface area contributed by atoms with Crippen LogP contribution in [0.25, 0.3) is 11.0 Å². The fourth-order valence-corrected chi connectivity index (χ4v) is 4.52. The summed E-state index contributed by atoms with van der Waals surface area (Å²) in [6.45, 7) is 3.90. The van der Waals surface area contributed by atoms with Gasteiger partial charge in [-0.25, -0.2) is 4.98 Å². The Hall–Kier alpha value is -2.33. The first kappa shape index (κ1) is 25.3. The van der Waals surface area contributed by atoms with Crippen LogP contribution in [0.15, 0.2) is 48.5 Å². The monoisotopic (exact) mass is 467 g/mol. The number of halogens is 1. The maximum absolute atomic E-state index is 12.3. The molecule has 4 nitrogen and oxygen atoms in total. The van der Waals surface area contributed by atoms with Crippen LogP contribution in [0.4, 0.5) is 0 Å². The molecule has 0 aliphatic heterocycles.